The topological polar surface area (TPSA) is 191 Å². The molecule has 0 saturated heterocycles. The minimum atomic E-state index is -1.43. The van der Waals surface area contributed by atoms with Gasteiger partial charge in [0.05, 0.1) is 15.8 Å². The molecule has 34 heavy (non-hydrogen) atoms. The highest BCUT2D eigenvalue weighted by molar-refractivity contribution is 7.14. The Labute approximate surface area is 195 Å². The molecule has 1 aromatic carbocycles. The lowest BCUT2D eigenvalue weighted by Crippen LogP contribution is -2.33. The molecule has 1 amide bonds. The predicted molar refractivity (Wildman–Crippen MR) is 124 cm³/mol. The Balaban J connectivity index is 1.58. The van der Waals surface area contributed by atoms with Crippen LogP contribution in [0.2, 0.25) is 0 Å². The summed E-state index contributed by atoms with van der Waals surface area (Å²) in [7, 11) is 0. The first-order valence-corrected chi connectivity index (χ1v) is 10.8. The van der Waals surface area contributed by atoms with Gasteiger partial charge in [0.2, 0.25) is 5.95 Å². The molecule has 174 valence electrons. The van der Waals surface area contributed by atoms with Crippen molar-refractivity contribution in [1.82, 2.24) is 20.3 Å². The number of hydrogen-bond acceptors (Lipinski definition) is 7. The van der Waals surface area contributed by atoms with Crippen molar-refractivity contribution in [3.05, 3.63) is 79.4 Å². The van der Waals surface area contributed by atoms with Crippen LogP contribution in [-0.4, -0.2) is 43.0 Å². The molecule has 0 aliphatic rings. The number of nitrogen functional groups attached to an aromatic ring is 1. The van der Waals surface area contributed by atoms with E-state index in [1.165, 1.54) is 24.3 Å². The summed E-state index contributed by atoms with van der Waals surface area (Å²) >= 11 is 1.15. The van der Waals surface area contributed by atoms with Crippen LogP contribution in [0, 0.1) is 0 Å². The molecule has 0 radical (unpaired) electrons. The number of thiophene rings is 1. The summed E-state index contributed by atoms with van der Waals surface area (Å²) in [5.74, 6) is -3.43. The van der Waals surface area contributed by atoms with Gasteiger partial charge in [-0.05, 0) is 35.4 Å². The van der Waals surface area contributed by atoms with E-state index in [9.17, 15) is 24.3 Å². The van der Waals surface area contributed by atoms with E-state index in [1.807, 2.05) is 6.92 Å². The van der Waals surface area contributed by atoms with E-state index >= 15 is 0 Å². The number of carboxylic acid groups (broad SMARTS) is 2. The average Bonchev–Trinajstić information content (AvgIpc) is 3.44. The summed E-state index contributed by atoms with van der Waals surface area (Å²) < 4.78 is 0. The molecule has 12 heteroatoms. The summed E-state index contributed by atoms with van der Waals surface area (Å²) in [4.78, 5) is 58.7. The number of aromatic carboxylic acids is 1. The maximum absolute atomic E-state index is 12.8. The van der Waals surface area contributed by atoms with E-state index in [1.54, 1.807) is 18.3 Å². The number of hydrogen-bond donors (Lipinski definition) is 6. The lowest BCUT2D eigenvalue weighted by atomic mass is 10.0. The Morgan fingerprint density at radius 1 is 1.18 bits per heavy atom. The molecule has 4 rings (SSSR count). The van der Waals surface area contributed by atoms with Crippen molar-refractivity contribution in [3.8, 4) is 0 Å². The summed E-state index contributed by atoms with van der Waals surface area (Å²) in [6.07, 6.45) is 1.66. The number of nitrogens with zero attached hydrogens (tertiary/aromatic N) is 1. The summed E-state index contributed by atoms with van der Waals surface area (Å²) in [5.41, 5.74) is 6.27. The van der Waals surface area contributed by atoms with Crippen molar-refractivity contribution in [2.45, 2.75) is 18.9 Å². The summed E-state index contributed by atoms with van der Waals surface area (Å²) in [6.45, 7) is 1.86. The largest absolute Gasteiger partial charge is 0.479 e. The zero-order valence-electron chi connectivity index (χ0n) is 17.7. The van der Waals surface area contributed by atoms with Crippen molar-refractivity contribution >= 4 is 46.2 Å². The van der Waals surface area contributed by atoms with Gasteiger partial charge in [-0.1, -0.05) is 19.1 Å². The Morgan fingerprint density at radius 2 is 1.94 bits per heavy atom. The lowest BCUT2D eigenvalue weighted by Gasteiger charge is -2.15. The molecule has 3 heterocycles. The predicted octanol–water partition coefficient (Wildman–Crippen LogP) is 2.30. The first-order chi connectivity index (χ1) is 16.2. The fraction of sp³-hybridized carbons (Fsp3) is 0.136. The average molecular weight is 481 g/mol. The minimum Gasteiger partial charge on any atom is -0.479 e. The Bertz CT molecular complexity index is 1490. The molecule has 7 N–H and O–H groups in total. The standard InChI is InChI=1S/C22H19N5O6S/c1-9(12-8-24-17-15(12)19(29)27-22(23)26-17)13-5-6-14(34-13)18(28)25-16(21(32)33)10-3-2-4-11(7-10)20(30)31/h2-9,16H,1H3,(H,25,28)(H,30,31)(H,32,33)(H4,23,24,26,27,29). The number of H-pyrrole nitrogens is 2. The Morgan fingerprint density at radius 3 is 2.65 bits per heavy atom. The van der Waals surface area contributed by atoms with Crippen LogP contribution < -0.4 is 16.6 Å². The number of rotatable bonds is 7. The molecule has 0 aliphatic carbocycles. The van der Waals surface area contributed by atoms with Crippen LogP contribution in [-0.2, 0) is 4.79 Å². The van der Waals surface area contributed by atoms with Crippen molar-refractivity contribution < 1.29 is 24.6 Å². The molecule has 2 unspecified atom stereocenters. The van der Waals surface area contributed by atoms with E-state index < -0.39 is 23.9 Å². The van der Waals surface area contributed by atoms with Crippen molar-refractivity contribution in [1.29, 1.82) is 0 Å². The van der Waals surface area contributed by atoms with Gasteiger partial charge in [-0.15, -0.1) is 11.3 Å². The SMILES string of the molecule is CC(c1ccc(C(=O)NC(C(=O)O)c2cccc(C(=O)O)c2)s1)c1c[nH]c2nc(N)[nH]c(=O)c12. The van der Waals surface area contributed by atoms with E-state index in [0.29, 0.717) is 16.6 Å². The van der Waals surface area contributed by atoms with Gasteiger partial charge < -0.3 is 26.2 Å². The monoisotopic (exact) mass is 481 g/mol. The molecule has 4 aromatic rings. The zero-order chi connectivity index (χ0) is 24.6. The number of benzene rings is 1. The minimum absolute atomic E-state index is 0.00416. The molecule has 2 atom stereocenters. The molecule has 3 aromatic heterocycles. The second-order valence-electron chi connectivity index (χ2n) is 7.52. The quantitative estimate of drug-likeness (QED) is 0.231. The highest BCUT2D eigenvalue weighted by Crippen LogP contribution is 2.33. The first-order valence-electron chi connectivity index (χ1n) is 9.99. The Hall–Kier alpha value is -4.45. The van der Waals surface area contributed by atoms with Crippen LogP contribution in [0.1, 0.15) is 54.9 Å². The number of carbonyl (C=O) groups excluding carboxylic acids is 1. The molecule has 11 nitrogen and oxygen atoms in total. The number of carbonyl (C=O) groups is 3. The van der Waals surface area contributed by atoms with Gasteiger partial charge in [0.15, 0.2) is 6.04 Å². The summed E-state index contributed by atoms with van der Waals surface area (Å²) in [6, 6.07) is 7.24. The van der Waals surface area contributed by atoms with Gasteiger partial charge in [0.1, 0.15) is 5.65 Å². The molecular weight excluding hydrogens is 462 g/mol. The molecule has 0 aliphatic heterocycles. The van der Waals surface area contributed by atoms with Crippen LogP contribution in [0.3, 0.4) is 0 Å². The number of aromatic amines is 2. The van der Waals surface area contributed by atoms with Gasteiger partial charge in [-0.3, -0.25) is 14.6 Å². The van der Waals surface area contributed by atoms with Gasteiger partial charge in [0.25, 0.3) is 11.5 Å². The number of fused-ring (bicyclic) bond motifs is 1. The van der Waals surface area contributed by atoms with Crippen molar-refractivity contribution in [3.63, 3.8) is 0 Å². The smallest absolute Gasteiger partial charge is 0.335 e. The molecule has 0 spiro atoms. The van der Waals surface area contributed by atoms with E-state index in [4.69, 9.17) is 10.8 Å². The van der Waals surface area contributed by atoms with Crippen LogP contribution in [0.4, 0.5) is 5.95 Å². The zero-order valence-corrected chi connectivity index (χ0v) is 18.5. The molecular formula is C22H19N5O6S. The van der Waals surface area contributed by atoms with Gasteiger partial charge >= 0.3 is 11.9 Å². The number of nitrogens with two attached hydrogens (primary N) is 1. The second kappa shape index (κ2) is 8.83. The number of nitrogens with one attached hydrogen (secondary N) is 3. The number of anilines is 1. The number of carboxylic acids is 2. The molecule has 0 saturated carbocycles. The molecule has 0 bridgehead atoms. The van der Waals surface area contributed by atoms with Crippen LogP contribution in [0.5, 0.6) is 0 Å². The highest BCUT2D eigenvalue weighted by Gasteiger charge is 2.25. The fourth-order valence-corrected chi connectivity index (χ4v) is 4.61. The highest BCUT2D eigenvalue weighted by atomic mass is 32.1. The van der Waals surface area contributed by atoms with Gasteiger partial charge in [-0.2, -0.15) is 4.98 Å². The van der Waals surface area contributed by atoms with Crippen LogP contribution >= 0.6 is 11.3 Å². The number of amides is 1. The second-order valence-corrected chi connectivity index (χ2v) is 8.63. The van der Waals surface area contributed by atoms with Crippen LogP contribution in [0.25, 0.3) is 11.0 Å². The molecule has 0 fully saturated rings. The third-order valence-electron chi connectivity index (χ3n) is 5.32. The maximum Gasteiger partial charge on any atom is 0.335 e. The first kappa shape index (κ1) is 22.7. The third kappa shape index (κ3) is 4.26. The number of aromatic nitrogens is 3. The third-order valence-corrected chi connectivity index (χ3v) is 6.59. The van der Waals surface area contributed by atoms with E-state index in [0.717, 1.165) is 16.2 Å². The van der Waals surface area contributed by atoms with Crippen LogP contribution in [0.15, 0.2) is 47.4 Å². The van der Waals surface area contributed by atoms with E-state index in [-0.39, 0.29) is 33.4 Å². The van der Waals surface area contributed by atoms with Crippen molar-refractivity contribution in [2.75, 3.05) is 5.73 Å². The fourth-order valence-electron chi connectivity index (χ4n) is 3.62. The lowest BCUT2D eigenvalue weighted by molar-refractivity contribution is -0.139. The van der Waals surface area contributed by atoms with Gasteiger partial charge in [-0.25, -0.2) is 9.59 Å². The summed E-state index contributed by atoms with van der Waals surface area (Å²) in [5, 5.41) is 21.6. The Kier molecular flexibility index (Phi) is 5.90. The number of aliphatic carboxylic acids is 1. The van der Waals surface area contributed by atoms with Crippen molar-refractivity contribution in [2.24, 2.45) is 0 Å². The van der Waals surface area contributed by atoms with Gasteiger partial charge in [0, 0.05) is 17.0 Å². The normalized spacial score (nSPS) is 12.9. The maximum atomic E-state index is 12.8. The van der Waals surface area contributed by atoms with E-state index in [2.05, 4.69) is 20.3 Å².